The van der Waals surface area contributed by atoms with Gasteiger partial charge in [0.15, 0.2) is 0 Å². The van der Waals surface area contributed by atoms with Crippen LogP contribution in [0.25, 0.3) is 0 Å². The summed E-state index contributed by atoms with van der Waals surface area (Å²) in [6.45, 7) is 5.40. The summed E-state index contributed by atoms with van der Waals surface area (Å²) in [5, 5.41) is 12.0. The van der Waals surface area contributed by atoms with Crippen molar-refractivity contribution in [2.24, 2.45) is 11.3 Å². The van der Waals surface area contributed by atoms with Crippen LogP contribution >= 0.6 is 0 Å². The van der Waals surface area contributed by atoms with E-state index in [1.165, 1.54) is 0 Å². The normalized spacial score (nSPS) is 18.4. The van der Waals surface area contributed by atoms with Crippen LogP contribution in [-0.2, 0) is 14.3 Å². The summed E-state index contributed by atoms with van der Waals surface area (Å²) in [6.07, 6.45) is 6.05. The van der Waals surface area contributed by atoms with Gasteiger partial charge in [0.25, 0.3) is 0 Å². The zero-order valence-electron chi connectivity index (χ0n) is 13.3. The van der Waals surface area contributed by atoms with E-state index in [0.717, 1.165) is 38.5 Å². The zero-order chi connectivity index (χ0) is 15.7. The summed E-state index contributed by atoms with van der Waals surface area (Å²) in [6, 6.07) is 0. The molecule has 1 saturated carbocycles. The molecule has 0 aromatic heterocycles. The fourth-order valence-corrected chi connectivity index (χ4v) is 3.12. The Morgan fingerprint density at radius 1 is 1.29 bits per heavy atom. The Kier molecular flexibility index (Phi) is 7.72. The molecule has 1 amide bonds. The van der Waals surface area contributed by atoms with E-state index in [9.17, 15) is 9.59 Å². The lowest BCUT2D eigenvalue weighted by Gasteiger charge is -2.28. The number of carboxylic acids is 1. The van der Waals surface area contributed by atoms with Gasteiger partial charge in [0.05, 0.1) is 11.3 Å². The smallest absolute Gasteiger partial charge is 0.308 e. The number of nitrogens with one attached hydrogen (secondary N) is 1. The van der Waals surface area contributed by atoms with Crippen LogP contribution in [-0.4, -0.2) is 36.7 Å². The van der Waals surface area contributed by atoms with Crippen molar-refractivity contribution >= 4 is 11.9 Å². The summed E-state index contributed by atoms with van der Waals surface area (Å²) in [5.74, 6) is -1.29. The minimum absolute atomic E-state index is 0.0158. The van der Waals surface area contributed by atoms with E-state index in [4.69, 9.17) is 9.84 Å². The summed E-state index contributed by atoms with van der Waals surface area (Å²) in [5.41, 5.74) is -0.343. The van der Waals surface area contributed by atoms with Crippen molar-refractivity contribution in [1.82, 2.24) is 5.32 Å². The molecule has 2 N–H and O–H groups in total. The van der Waals surface area contributed by atoms with Crippen LogP contribution in [0.2, 0.25) is 0 Å². The van der Waals surface area contributed by atoms with E-state index in [0.29, 0.717) is 19.6 Å². The lowest BCUT2D eigenvalue weighted by atomic mass is 9.81. The number of amides is 1. The van der Waals surface area contributed by atoms with Gasteiger partial charge in [-0.05, 0) is 32.6 Å². The maximum absolute atomic E-state index is 12.5. The van der Waals surface area contributed by atoms with Crippen LogP contribution in [0.4, 0.5) is 0 Å². The third-order valence-corrected chi connectivity index (χ3v) is 4.47. The molecule has 21 heavy (non-hydrogen) atoms. The maximum atomic E-state index is 12.5. The van der Waals surface area contributed by atoms with Crippen LogP contribution in [0.15, 0.2) is 0 Å². The molecule has 0 aromatic rings. The van der Waals surface area contributed by atoms with Crippen LogP contribution in [0, 0.1) is 11.3 Å². The molecule has 5 nitrogen and oxygen atoms in total. The first-order chi connectivity index (χ1) is 10.1. The van der Waals surface area contributed by atoms with E-state index in [2.05, 4.69) is 5.32 Å². The molecule has 0 heterocycles. The molecule has 1 atom stereocenters. The minimum atomic E-state index is -0.827. The van der Waals surface area contributed by atoms with E-state index in [-0.39, 0.29) is 17.9 Å². The van der Waals surface area contributed by atoms with Gasteiger partial charge in [-0.1, -0.05) is 26.2 Å². The number of ether oxygens (including phenoxy) is 1. The zero-order valence-corrected chi connectivity index (χ0v) is 13.3. The molecule has 122 valence electrons. The third kappa shape index (κ3) is 5.30. The maximum Gasteiger partial charge on any atom is 0.308 e. The second-order valence-electron chi connectivity index (χ2n) is 5.97. The van der Waals surface area contributed by atoms with Crippen LogP contribution in [0.1, 0.15) is 58.8 Å². The van der Waals surface area contributed by atoms with Crippen LogP contribution < -0.4 is 5.32 Å². The van der Waals surface area contributed by atoms with Gasteiger partial charge in [-0.25, -0.2) is 0 Å². The molecule has 1 unspecified atom stereocenters. The standard InChI is InChI=1S/C16H29NO4/c1-3-7-13(14(18)19)12-17-15(20)16(8-5-6-9-16)10-11-21-4-2/h13H,3-12H2,1-2H3,(H,17,20)(H,18,19). The van der Waals surface area contributed by atoms with E-state index in [1.807, 2.05) is 13.8 Å². The molecule has 0 radical (unpaired) electrons. The molecular weight excluding hydrogens is 270 g/mol. The molecule has 0 spiro atoms. The van der Waals surface area contributed by atoms with Gasteiger partial charge in [0.1, 0.15) is 0 Å². The van der Waals surface area contributed by atoms with Gasteiger partial charge in [0, 0.05) is 19.8 Å². The molecular formula is C16H29NO4. The van der Waals surface area contributed by atoms with Crippen molar-refractivity contribution in [2.45, 2.75) is 58.8 Å². The number of aliphatic carboxylic acids is 1. The topological polar surface area (TPSA) is 75.6 Å². The quantitative estimate of drug-likeness (QED) is 0.608. The largest absolute Gasteiger partial charge is 0.481 e. The fourth-order valence-electron chi connectivity index (χ4n) is 3.12. The molecule has 0 aliphatic heterocycles. The number of hydrogen-bond donors (Lipinski definition) is 2. The first-order valence-corrected chi connectivity index (χ1v) is 8.14. The average Bonchev–Trinajstić information content (AvgIpc) is 2.93. The van der Waals surface area contributed by atoms with Crippen molar-refractivity contribution in [3.8, 4) is 0 Å². The van der Waals surface area contributed by atoms with Crippen molar-refractivity contribution in [3.05, 3.63) is 0 Å². The molecule has 1 aliphatic carbocycles. The van der Waals surface area contributed by atoms with Gasteiger partial charge >= 0.3 is 5.97 Å². The molecule has 0 saturated heterocycles. The molecule has 5 heteroatoms. The van der Waals surface area contributed by atoms with Gasteiger partial charge in [-0.3, -0.25) is 9.59 Å². The Morgan fingerprint density at radius 2 is 1.95 bits per heavy atom. The predicted molar refractivity (Wildman–Crippen MR) is 81.1 cm³/mol. The van der Waals surface area contributed by atoms with Crippen LogP contribution in [0.5, 0.6) is 0 Å². The lowest BCUT2D eigenvalue weighted by Crippen LogP contribution is -2.43. The first kappa shape index (κ1) is 18.0. The van der Waals surface area contributed by atoms with E-state index in [1.54, 1.807) is 0 Å². The monoisotopic (exact) mass is 299 g/mol. The van der Waals surface area contributed by atoms with Gasteiger partial charge in [0.2, 0.25) is 5.91 Å². The highest BCUT2D eigenvalue weighted by atomic mass is 16.5. The summed E-state index contributed by atoms with van der Waals surface area (Å²) < 4.78 is 5.40. The second-order valence-corrected chi connectivity index (χ2v) is 5.97. The van der Waals surface area contributed by atoms with Gasteiger partial charge < -0.3 is 15.2 Å². The van der Waals surface area contributed by atoms with E-state index >= 15 is 0 Å². The highest BCUT2D eigenvalue weighted by Gasteiger charge is 2.40. The molecule has 1 aliphatic rings. The fraction of sp³-hybridized carbons (Fsp3) is 0.875. The number of hydrogen-bond acceptors (Lipinski definition) is 3. The Labute approximate surface area is 127 Å². The van der Waals surface area contributed by atoms with Gasteiger partial charge in [-0.15, -0.1) is 0 Å². The average molecular weight is 299 g/mol. The van der Waals surface area contributed by atoms with Crippen LogP contribution in [0.3, 0.4) is 0 Å². The Morgan fingerprint density at radius 3 is 2.48 bits per heavy atom. The molecule has 0 bridgehead atoms. The molecule has 1 rings (SSSR count). The van der Waals surface area contributed by atoms with Crippen molar-refractivity contribution in [1.29, 1.82) is 0 Å². The number of carboxylic acid groups (broad SMARTS) is 1. The van der Waals surface area contributed by atoms with Crippen molar-refractivity contribution < 1.29 is 19.4 Å². The highest BCUT2D eigenvalue weighted by Crippen LogP contribution is 2.41. The van der Waals surface area contributed by atoms with Crippen molar-refractivity contribution in [3.63, 3.8) is 0 Å². The molecule has 0 aromatic carbocycles. The minimum Gasteiger partial charge on any atom is -0.481 e. The summed E-state index contributed by atoms with van der Waals surface area (Å²) in [4.78, 5) is 23.7. The SMILES string of the molecule is CCCC(CNC(=O)C1(CCOCC)CCCC1)C(=O)O. The predicted octanol–water partition coefficient (Wildman–Crippen LogP) is 2.59. The molecule has 1 fully saturated rings. The number of carbonyl (C=O) groups is 2. The van der Waals surface area contributed by atoms with E-state index < -0.39 is 11.9 Å². The number of carbonyl (C=O) groups excluding carboxylic acids is 1. The Balaban J connectivity index is 2.54. The van der Waals surface area contributed by atoms with Crippen molar-refractivity contribution in [2.75, 3.05) is 19.8 Å². The highest BCUT2D eigenvalue weighted by molar-refractivity contribution is 5.83. The second kappa shape index (κ2) is 9.03. The summed E-state index contributed by atoms with van der Waals surface area (Å²) >= 11 is 0. The number of rotatable bonds is 10. The summed E-state index contributed by atoms with van der Waals surface area (Å²) in [7, 11) is 0. The van der Waals surface area contributed by atoms with Gasteiger partial charge in [-0.2, -0.15) is 0 Å². The lowest BCUT2D eigenvalue weighted by molar-refractivity contribution is -0.142. The Bertz CT molecular complexity index is 337. The first-order valence-electron chi connectivity index (χ1n) is 8.14. The third-order valence-electron chi connectivity index (χ3n) is 4.47. The Hall–Kier alpha value is -1.10.